The van der Waals surface area contributed by atoms with E-state index in [1.807, 2.05) is 30.3 Å². The van der Waals surface area contributed by atoms with Crippen LogP contribution in [-0.2, 0) is 21.4 Å². The Kier molecular flexibility index (Phi) is 4.92. The number of ketones is 1. The highest BCUT2D eigenvalue weighted by Crippen LogP contribution is 2.56. The number of fused-ring (bicyclic) bond motifs is 1. The van der Waals surface area contributed by atoms with Gasteiger partial charge in [-0.2, -0.15) is 13.2 Å². The van der Waals surface area contributed by atoms with Crippen LogP contribution in [0.2, 0.25) is 0 Å². The number of methoxy groups -OCH3 is 1. The summed E-state index contributed by atoms with van der Waals surface area (Å²) < 4.78 is 59.1. The summed E-state index contributed by atoms with van der Waals surface area (Å²) in [6, 6.07) is 20.2. The SMILES string of the molecule is CO[C@@]1(c2cccc(C(F)(F)F)c2)Oc2ccccc2C(=O)[C@@]12OCC=C2c1ccccc1. The Morgan fingerprint density at radius 3 is 2.39 bits per heavy atom. The molecule has 2 aliphatic heterocycles. The molecule has 3 aromatic rings. The van der Waals surface area contributed by atoms with Crippen molar-refractivity contribution in [3.8, 4) is 5.75 Å². The number of halogens is 3. The van der Waals surface area contributed by atoms with Crippen molar-refractivity contribution in [3.63, 3.8) is 0 Å². The number of carbonyl (C=O) groups excluding carboxylic acids is 1. The molecule has 33 heavy (non-hydrogen) atoms. The van der Waals surface area contributed by atoms with Gasteiger partial charge in [-0.05, 0) is 29.8 Å². The molecular weight excluding hydrogens is 433 g/mol. The summed E-state index contributed by atoms with van der Waals surface area (Å²) in [5.41, 5.74) is -1.31. The van der Waals surface area contributed by atoms with Gasteiger partial charge < -0.3 is 14.2 Å². The van der Waals surface area contributed by atoms with Crippen LogP contribution < -0.4 is 4.74 Å². The molecule has 2 aliphatic rings. The lowest BCUT2D eigenvalue weighted by Crippen LogP contribution is -2.64. The Balaban J connectivity index is 1.82. The number of alkyl halides is 3. The molecule has 0 radical (unpaired) electrons. The van der Waals surface area contributed by atoms with Crippen molar-refractivity contribution in [2.45, 2.75) is 17.6 Å². The van der Waals surface area contributed by atoms with Gasteiger partial charge in [-0.15, -0.1) is 0 Å². The third-order valence-electron chi connectivity index (χ3n) is 6.08. The second-order valence-corrected chi connectivity index (χ2v) is 7.80. The molecule has 0 bridgehead atoms. The molecule has 7 heteroatoms. The first-order valence-corrected chi connectivity index (χ1v) is 10.3. The quantitative estimate of drug-likeness (QED) is 0.517. The molecule has 0 amide bonds. The van der Waals surface area contributed by atoms with E-state index in [0.717, 1.165) is 12.1 Å². The molecule has 3 aromatic carbocycles. The molecule has 1 spiro atoms. The largest absolute Gasteiger partial charge is 0.453 e. The van der Waals surface area contributed by atoms with E-state index in [-0.39, 0.29) is 23.5 Å². The molecule has 0 aliphatic carbocycles. The lowest BCUT2D eigenvalue weighted by atomic mass is 9.72. The molecule has 5 rings (SSSR count). The van der Waals surface area contributed by atoms with Gasteiger partial charge in [0.1, 0.15) is 5.75 Å². The van der Waals surface area contributed by atoms with Crippen molar-refractivity contribution in [3.05, 3.63) is 107 Å². The van der Waals surface area contributed by atoms with Gasteiger partial charge >= 0.3 is 6.18 Å². The predicted octanol–water partition coefficient (Wildman–Crippen LogP) is 5.63. The van der Waals surface area contributed by atoms with Crippen LogP contribution in [0, 0.1) is 0 Å². The molecule has 2 heterocycles. The van der Waals surface area contributed by atoms with E-state index in [1.54, 1.807) is 30.3 Å². The van der Waals surface area contributed by atoms with E-state index in [2.05, 4.69) is 0 Å². The Morgan fingerprint density at radius 1 is 0.939 bits per heavy atom. The summed E-state index contributed by atoms with van der Waals surface area (Å²) in [6.45, 7) is 0.0611. The van der Waals surface area contributed by atoms with E-state index in [4.69, 9.17) is 14.2 Å². The van der Waals surface area contributed by atoms with Gasteiger partial charge in [0, 0.05) is 18.2 Å². The highest BCUT2D eigenvalue weighted by molar-refractivity contribution is 6.15. The second-order valence-electron chi connectivity index (χ2n) is 7.80. The number of rotatable bonds is 3. The molecule has 0 unspecified atom stereocenters. The van der Waals surface area contributed by atoms with Gasteiger partial charge in [-0.3, -0.25) is 4.79 Å². The van der Waals surface area contributed by atoms with Crippen LogP contribution in [0.25, 0.3) is 5.57 Å². The number of ether oxygens (including phenoxy) is 3. The number of Topliss-reactive ketones (excluding diaryl/α,β-unsaturated/α-hetero) is 1. The Morgan fingerprint density at radius 2 is 1.67 bits per heavy atom. The minimum atomic E-state index is -4.59. The van der Waals surface area contributed by atoms with Crippen LogP contribution >= 0.6 is 0 Å². The minimum Gasteiger partial charge on any atom is -0.453 e. The zero-order valence-corrected chi connectivity index (χ0v) is 17.6. The topological polar surface area (TPSA) is 44.8 Å². The van der Waals surface area contributed by atoms with Crippen molar-refractivity contribution in [1.29, 1.82) is 0 Å². The first-order chi connectivity index (χ1) is 15.8. The molecular formula is C26H19F3O4. The maximum atomic E-state index is 14.1. The fourth-order valence-corrected chi connectivity index (χ4v) is 4.65. The summed E-state index contributed by atoms with van der Waals surface area (Å²) in [4.78, 5) is 14.1. The number of hydrogen-bond acceptors (Lipinski definition) is 4. The maximum Gasteiger partial charge on any atom is 0.416 e. The van der Waals surface area contributed by atoms with Crippen LogP contribution in [0.4, 0.5) is 13.2 Å². The zero-order chi connectivity index (χ0) is 23.3. The molecule has 0 saturated heterocycles. The molecule has 168 valence electrons. The van der Waals surface area contributed by atoms with E-state index >= 15 is 0 Å². The summed E-state index contributed by atoms with van der Waals surface area (Å²) >= 11 is 0. The Hall–Kier alpha value is -3.42. The van der Waals surface area contributed by atoms with Crippen LogP contribution in [0.3, 0.4) is 0 Å². The number of carbonyl (C=O) groups is 1. The fraction of sp³-hybridized carbons (Fsp3) is 0.192. The van der Waals surface area contributed by atoms with Crippen LogP contribution in [-0.4, -0.2) is 25.1 Å². The summed E-state index contributed by atoms with van der Waals surface area (Å²) in [5, 5.41) is 0. The minimum absolute atomic E-state index is 0.0198. The van der Waals surface area contributed by atoms with Gasteiger partial charge in [0.25, 0.3) is 5.79 Å². The molecule has 0 saturated carbocycles. The highest BCUT2D eigenvalue weighted by atomic mass is 19.4. The lowest BCUT2D eigenvalue weighted by molar-refractivity contribution is -0.254. The van der Waals surface area contributed by atoms with E-state index in [9.17, 15) is 18.0 Å². The second kappa shape index (κ2) is 7.57. The average molecular weight is 452 g/mol. The molecule has 0 aromatic heterocycles. The van der Waals surface area contributed by atoms with Gasteiger partial charge in [-0.25, -0.2) is 0 Å². The first-order valence-electron chi connectivity index (χ1n) is 10.3. The Labute approximate surface area is 188 Å². The predicted molar refractivity (Wildman–Crippen MR) is 115 cm³/mol. The molecule has 2 atom stereocenters. The third-order valence-corrected chi connectivity index (χ3v) is 6.08. The monoisotopic (exact) mass is 452 g/mol. The van der Waals surface area contributed by atoms with Crippen molar-refractivity contribution in [2.24, 2.45) is 0 Å². The summed E-state index contributed by atoms with van der Waals surface area (Å²) in [7, 11) is 1.30. The van der Waals surface area contributed by atoms with E-state index in [1.165, 1.54) is 19.2 Å². The van der Waals surface area contributed by atoms with Crippen molar-refractivity contribution in [1.82, 2.24) is 0 Å². The van der Waals surface area contributed by atoms with Crippen molar-refractivity contribution < 1.29 is 32.2 Å². The fourth-order valence-electron chi connectivity index (χ4n) is 4.65. The van der Waals surface area contributed by atoms with Gasteiger partial charge in [0.2, 0.25) is 11.4 Å². The van der Waals surface area contributed by atoms with Crippen LogP contribution in [0.5, 0.6) is 5.75 Å². The molecule has 4 nitrogen and oxygen atoms in total. The zero-order valence-electron chi connectivity index (χ0n) is 17.6. The number of benzene rings is 3. The number of hydrogen-bond donors (Lipinski definition) is 0. The summed E-state index contributed by atoms with van der Waals surface area (Å²) in [6.07, 6.45) is -2.85. The van der Waals surface area contributed by atoms with Crippen LogP contribution in [0.15, 0.2) is 84.9 Å². The highest BCUT2D eigenvalue weighted by Gasteiger charge is 2.68. The van der Waals surface area contributed by atoms with E-state index in [0.29, 0.717) is 11.1 Å². The van der Waals surface area contributed by atoms with Crippen LogP contribution in [0.1, 0.15) is 27.0 Å². The standard InChI is InChI=1S/C26H19F3O4/c1-31-25(18-10-7-11-19(16-18)26(27,28)29)24(23(30)20-12-5-6-13-22(20)33-25)21(14-15-32-24)17-8-3-2-4-9-17/h2-14,16H,15H2,1H3/t24-,25+/m1/s1. The Bertz CT molecular complexity index is 1250. The molecule has 0 N–H and O–H groups in total. The van der Waals surface area contributed by atoms with Gasteiger partial charge in [0.15, 0.2) is 0 Å². The third kappa shape index (κ3) is 3.03. The van der Waals surface area contributed by atoms with E-state index < -0.39 is 28.9 Å². The van der Waals surface area contributed by atoms with Gasteiger partial charge in [-0.1, -0.05) is 60.7 Å². The smallest absolute Gasteiger partial charge is 0.416 e. The average Bonchev–Trinajstić information content (AvgIpc) is 3.28. The summed E-state index contributed by atoms with van der Waals surface area (Å²) in [5.74, 6) is -2.25. The van der Waals surface area contributed by atoms with Crippen molar-refractivity contribution >= 4 is 11.4 Å². The normalized spacial score (nSPS) is 24.4. The lowest BCUT2D eigenvalue weighted by Gasteiger charge is -2.49. The van der Waals surface area contributed by atoms with Crippen molar-refractivity contribution in [2.75, 3.05) is 13.7 Å². The first kappa shape index (κ1) is 21.4. The van der Waals surface area contributed by atoms with Gasteiger partial charge in [0.05, 0.1) is 17.7 Å². The molecule has 0 fully saturated rings. The number of para-hydroxylation sites is 1. The maximum absolute atomic E-state index is 14.1.